The van der Waals surface area contributed by atoms with Gasteiger partial charge in [0.25, 0.3) is 0 Å². The summed E-state index contributed by atoms with van der Waals surface area (Å²) in [4.78, 5) is 11.6. The lowest BCUT2D eigenvalue weighted by Gasteiger charge is -2.27. The Morgan fingerprint density at radius 1 is 1.00 bits per heavy atom. The molecule has 11 heteroatoms. The van der Waals surface area contributed by atoms with Crippen LogP contribution in [0.5, 0.6) is 11.5 Å². The molecule has 0 saturated heterocycles. The van der Waals surface area contributed by atoms with Crippen molar-refractivity contribution in [3.63, 3.8) is 0 Å². The molecular formula is C27H34N6O4S. The Morgan fingerprint density at radius 3 is 2.39 bits per heavy atom. The number of rotatable bonds is 12. The molecule has 0 bridgehead atoms. The van der Waals surface area contributed by atoms with Crippen LogP contribution in [0.4, 0.5) is 11.4 Å². The number of fused-ring (bicyclic) bond motifs is 1. The van der Waals surface area contributed by atoms with Crippen LogP contribution in [-0.2, 0) is 16.4 Å². The average molecular weight is 539 g/mol. The largest absolute Gasteiger partial charge is 0.497 e. The number of anilines is 2. The molecule has 10 nitrogen and oxygen atoms in total. The molecule has 0 aliphatic rings. The number of ether oxygens (including phenoxy) is 2. The van der Waals surface area contributed by atoms with Crippen molar-refractivity contribution in [2.75, 3.05) is 44.2 Å². The van der Waals surface area contributed by atoms with Crippen molar-refractivity contribution in [1.82, 2.24) is 25.1 Å². The molecule has 4 rings (SSSR count). The van der Waals surface area contributed by atoms with Crippen molar-refractivity contribution in [2.45, 2.75) is 26.4 Å². The van der Waals surface area contributed by atoms with Crippen molar-refractivity contribution < 1.29 is 17.9 Å². The van der Waals surface area contributed by atoms with E-state index in [-0.39, 0.29) is 12.3 Å². The first-order chi connectivity index (χ1) is 18.1. The fraction of sp³-hybridized carbons (Fsp3) is 0.370. The van der Waals surface area contributed by atoms with Crippen LogP contribution in [0.2, 0.25) is 0 Å². The topological polar surface area (TPSA) is 111 Å². The lowest BCUT2D eigenvalue weighted by Crippen LogP contribution is -2.32. The Hall–Kier alpha value is -3.70. The van der Waals surface area contributed by atoms with Gasteiger partial charge in [0.15, 0.2) is 0 Å². The molecule has 0 spiro atoms. The number of nitrogens with one attached hydrogen (secondary N) is 1. The van der Waals surface area contributed by atoms with Gasteiger partial charge in [0.05, 0.1) is 55.6 Å². The van der Waals surface area contributed by atoms with E-state index in [1.165, 1.54) is 6.26 Å². The van der Waals surface area contributed by atoms with Crippen molar-refractivity contribution in [2.24, 2.45) is 0 Å². The van der Waals surface area contributed by atoms with Crippen LogP contribution in [0.3, 0.4) is 0 Å². The first-order valence-corrected chi connectivity index (χ1v) is 14.4. The Balaban J connectivity index is 1.69. The van der Waals surface area contributed by atoms with Crippen LogP contribution in [0, 0.1) is 0 Å². The molecule has 38 heavy (non-hydrogen) atoms. The minimum absolute atomic E-state index is 0.0252. The minimum atomic E-state index is -3.08. The Labute approximate surface area is 223 Å². The lowest BCUT2D eigenvalue weighted by molar-refractivity contribution is 0.394. The third-order valence-electron chi connectivity index (χ3n) is 5.99. The van der Waals surface area contributed by atoms with Crippen molar-refractivity contribution in [3.05, 3.63) is 55.0 Å². The third-order valence-corrected chi connectivity index (χ3v) is 6.92. The average Bonchev–Trinajstić information content (AvgIpc) is 3.38. The molecule has 0 aliphatic heterocycles. The molecule has 0 radical (unpaired) electrons. The van der Waals surface area contributed by atoms with Gasteiger partial charge in [-0.3, -0.25) is 9.67 Å². The summed E-state index contributed by atoms with van der Waals surface area (Å²) in [6, 6.07) is 12.2. The van der Waals surface area contributed by atoms with Crippen LogP contribution >= 0.6 is 0 Å². The van der Waals surface area contributed by atoms with E-state index < -0.39 is 9.84 Å². The second kappa shape index (κ2) is 11.8. The predicted octanol–water partition coefficient (Wildman–Crippen LogP) is 3.69. The molecule has 2 aromatic heterocycles. The monoisotopic (exact) mass is 538 g/mol. The summed E-state index contributed by atoms with van der Waals surface area (Å²) in [6.07, 6.45) is 6.39. The van der Waals surface area contributed by atoms with E-state index in [2.05, 4.69) is 34.1 Å². The predicted molar refractivity (Wildman–Crippen MR) is 150 cm³/mol. The molecule has 2 heterocycles. The fourth-order valence-corrected chi connectivity index (χ4v) is 4.52. The van der Waals surface area contributed by atoms with Crippen LogP contribution in [-0.4, -0.2) is 73.5 Å². The van der Waals surface area contributed by atoms with Gasteiger partial charge in [-0.2, -0.15) is 5.10 Å². The van der Waals surface area contributed by atoms with E-state index in [0.717, 1.165) is 34.5 Å². The van der Waals surface area contributed by atoms with Crippen molar-refractivity contribution >= 4 is 32.2 Å². The second-order valence-electron chi connectivity index (χ2n) is 9.38. The first kappa shape index (κ1) is 27.3. The van der Waals surface area contributed by atoms with Gasteiger partial charge in [0.1, 0.15) is 21.3 Å². The van der Waals surface area contributed by atoms with Gasteiger partial charge >= 0.3 is 0 Å². The zero-order valence-electron chi connectivity index (χ0n) is 22.4. The highest BCUT2D eigenvalue weighted by Crippen LogP contribution is 2.34. The standard InChI is InChI=1S/C27H34N6O4S/c1-19(2)28-8-9-33(22-12-23(36-3)15-24(13-22)37-4)21-6-7-25-26(14-21)31-27(17-29-25)20-16-30-32(18-20)10-11-38(5,34)35/h6-7,12-19,28H,8-11H2,1-5H3. The maximum Gasteiger partial charge on any atom is 0.149 e. The number of aromatic nitrogens is 4. The summed E-state index contributed by atoms with van der Waals surface area (Å²) in [5.41, 5.74) is 4.83. The van der Waals surface area contributed by atoms with Gasteiger partial charge in [0.2, 0.25) is 0 Å². The molecule has 0 unspecified atom stereocenters. The summed E-state index contributed by atoms with van der Waals surface area (Å²) >= 11 is 0. The Bertz CT molecular complexity index is 1480. The smallest absolute Gasteiger partial charge is 0.149 e. The van der Waals surface area contributed by atoms with Gasteiger partial charge in [-0.05, 0) is 18.2 Å². The Kier molecular flexibility index (Phi) is 8.48. The minimum Gasteiger partial charge on any atom is -0.497 e. The third kappa shape index (κ3) is 6.99. The molecular weight excluding hydrogens is 504 g/mol. The molecule has 1 N–H and O–H groups in total. The van der Waals surface area contributed by atoms with E-state index in [1.807, 2.05) is 36.4 Å². The molecule has 0 aliphatic carbocycles. The van der Waals surface area contributed by atoms with E-state index in [9.17, 15) is 8.42 Å². The zero-order chi connectivity index (χ0) is 27.3. The number of nitrogens with zero attached hydrogens (tertiary/aromatic N) is 5. The van der Waals surface area contributed by atoms with Crippen LogP contribution in [0.15, 0.2) is 55.0 Å². The molecule has 0 saturated carbocycles. The summed E-state index contributed by atoms with van der Waals surface area (Å²) in [5, 5.41) is 7.77. The number of hydrogen-bond acceptors (Lipinski definition) is 9. The van der Waals surface area contributed by atoms with Gasteiger partial charge in [-0.1, -0.05) is 13.8 Å². The van der Waals surface area contributed by atoms with E-state index >= 15 is 0 Å². The summed E-state index contributed by atoms with van der Waals surface area (Å²) in [6.45, 7) is 6.01. The molecule has 2 aromatic carbocycles. The highest BCUT2D eigenvalue weighted by atomic mass is 32.2. The van der Waals surface area contributed by atoms with Crippen molar-refractivity contribution in [3.8, 4) is 22.8 Å². The number of aryl methyl sites for hydroxylation is 1. The highest BCUT2D eigenvalue weighted by molar-refractivity contribution is 7.90. The van der Waals surface area contributed by atoms with Gasteiger partial charge in [0, 0.05) is 66.7 Å². The fourth-order valence-electron chi connectivity index (χ4n) is 4.00. The maximum atomic E-state index is 11.5. The van der Waals surface area contributed by atoms with Gasteiger partial charge < -0.3 is 19.7 Å². The number of sulfone groups is 1. The molecule has 0 atom stereocenters. The van der Waals surface area contributed by atoms with Crippen molar-refractivity contribution in [1.29, 1.82) is 0 Å². The Morgan fingerprint density at radius 2 is 1.74 bits per heavy atom. The number of hydrogen-bond donors (Lipinski definition) is 1. The molecule has 4 aromatic rings. The first-order valence-electron chi connectivity index (χ1n) is 12.4. The molecule has 202 valence electrons. The zero-order valence-corrected chi connectivity index (χ0v) is 23.2. The molecule has 0 fully saturated rings. The van der Waals surface area contributed by atoms with Crippen LogP contribution in [0.25, 0.3) is 22.3 Å². The lowest BCUT2D eigenvalue weighted by atomic mass is 10.2. The number of methoxy groups -OCH3 is 2. The van der Waals surface area contributed by atoms with Crippen LogP contribution in [0.1, 0.15) is 13.8 Å². The summed E-state index contributed by atoms with van der Waals surface area (Å²) < 4.78 is 35.6. The summed E-state index contributed by atoms with van der Waals surface area (Å²) in [5.74, 6) is 1.44. The van der Waals surface area contributed by atoms with E-state index in [0.29, 0.717) is 29.8 Å². The maximum absolute atomic E-state index is 11.5. The summed E-state index contributed by atoms with van der Waals surface area (Å²) in [7, 11) is 0.200. The van der Waals surface area contributed by atoms with E-state index in [1.54, 1.807) is 37.5 Å². The van der Waals surface area contributed by atoms with Gasteiger partial charge in [-0.25, -0.2) is 13.4 Å². The quantitative estimate of drug-likeness (QED) is 0.289. The van der Waals surface area contributed by atoms with Gasteiger partial charge in [-0.15, -0.1) is 0 Å². The SMILES string of the molecule is COc1cc(OC)cc(N(CCNC(C)C)c2ccc3ncc(-c4cnn(CCS(C)(=O)=O)c4)nc3c2)c1. The number of benzene rings is 2. The highest BCUT2D eigenvalue weighted by Gasteiger charge is 2.15. The normalized spacial score (nSPS) is 11.7. The molecule has 0 amide bonds. The second-order valence-corrected chi connectivity index (χ2v) is 11.6. The van der Waals surface area contributed by atoms with E-state index in [4.69, 9.17) is 14.5 Å². The van der Waals surface area contributed by atoms with Crippen LogP contribution < -0.4 is 19.7 Å².